The van der Waals surface area contributed by atoms with Crippen LogP contribution in [0, 0.1) is 16.0 Å². The third-order valence-corrected chi connectivity index (χ3v) is 4.63. The molecule has 0 spiro atoms. The molecule has 1 saturated carbocycles. The fraction of sp³-hybridized carbons (Fsp3) is 0.462. The van der Waals surface area contributed by atoms with Crippen molar-refractivity contribution in [3.63, 3.8) is 0 Å². The van der Waals surface area contributed by atoms with Crippen LogP contribution in [0.4, 0.5) is 5.69 Å². The molecule has 0 radical (unpaired) electrons. The standard InChI is InChI=1S/C13H15NO4S/c15-13(16)10-5-6-11(14(17)18)12(7-10)19-8-9-3-1-2-4-9/h5-7,9H,1-4,8H2,(H,15,16). The molecular formula is C13H15NO4S. The van der Waals surface area contributed by atoms with Crippen LogP contribution in [-0.4, -0.2) is 21.8 Å². The van der Waals surface area contributed by atoms with Crippen LogP contribution < -0.4 is 0 Å². The van der Waals surface area contributed by atoms with E-state index >= 15 is 0 Å². The van der Waals surface area contributed by atoms with E-state index in [0.717, 1.165) is 5.75 Å². The molecule has 5 nitrogen and oxygen atoms in total. The van der Waals surface area contributed by atoms with E-state index in [2.05, 4.69) is 0 Å². The Morgan fingerprint density at radius 3 is 2.68 bits per heavy atom. The number of hydrogen-bond acceptors (Lipinski definition) is 4. The van der Waals surface area contributed by atoms with Gasteiger partial charge < -0.3 is 5.11 Å². The lowest BCUT2D eigenvalue weighted by Crippen LogP contribution is -2.01. The van der Waals surface area contributed by atoms with Gasteiger partial charge in [0.05, 0.1) is 15.4 Å². The molecule has 0 saturated heterocycles. The van der Waals surface area contributed by atoms with Gasteiger partial charge in [0.1, 0.15) is 0 Å². The Bertz CT molecular complexity index is 497. The summed E-state index contributed by atoms with van der Waals surface area (Å²) >= 11 is 1.40. The Labute approximate surface area is 115 Å². The van der Waals surface area contributed by atoms with Crippen molar-refractivity contribution in [3.8, 4) is 0 Å². The van der Waals surface area contributed by atoms with Crippen LogP contribution >= 0.6 is 11.8 Å². The molecule has 0 bridgehead atoms. The smallest absolute Gasteiger partial charge is 0.335 e. The molecule has 1 fully saturated rings. The second-order valence-corrected chi connectivity index (χ2v) is 5.77. The van der Waals surface area contributed by atoms with E-state index in [0.29, 0.717) is 10.8 Å². The van der Waals surface area contributed by atoms with E-state index in [-0.39, 0.29) is 11.3 Å². The summed E-state index contributed by atoms with van der Waals surface area (Å²) in [6.07, 6.45) is 4.78. The molecule has 102 valence electrons. The van der Waals surface area contributed by atoms with E-state index in [1.807, 2.05) is 0 Å². The number of rotatable bonds is 5. The maximum absolute atomic E-state index is 10.9. The Kier molecular flexibility index (Phi) is 4.42. The van der Waals surface area contributed by atoms with Crippen molar-refractivity contribution in [3.05, 3.63) is 33.9 Å². The molecule has 1 aromatic rings. The maximum atomic E-state index is 10.9. The lowest BCUT2D eigenvalue weighted by Gasteiger charge is -2.09. The van der Waals surface area contributed by atoms with Crippen LogP contribution in [-0.2, 0) is 0 Å². The number of benzene rings is 1. The van der Waals surface area contributed by atoms with E-state index in [1.165, 1.54) is 55.6 Å². The third-order valence-electron chi connectivity index (χ3n) is 3.35. The van der Waals surface area contributed by atoms with Crippen LogP contribution in [0.3, 0.4) is 0 Å². The van der Waals surface area contributed by atoms with E-state index in [9.17, 15) is 14.9 Å². The minimum absolute atomic E-state index is 0.00648. The first-order chi connectivity index (χ1) is 9.08. The Morgan fingerprint density at radius 1 is 1.42 bits per heavy atom. The minimum atomic E-state index is -1.06. The second-order valence-electron chi connectivity index (χ2n) is 4.71. The molecule has 0 aliphatic heterocycles. The van der Waals surface area contributed by atoms with Gasteiger partial charge in [-0.2, -0.15) is 0 Å². The van der Waals surface area contributed by atoms with Crippen molar-refractivity contribution < 1.29 is 14.8 Å². The lowest BCUT2D eigenvalue weighted by molar-refractivity contribution is -0.387. The number of hydrogen-bond donors (Lipinski definition) is 1. The van der Waals surface area contributed by atoms with Crippen molar-refractivity contribution in [2.24, 2.45) is 5.92 Å². The van der Waals surface area contributed by atoms with Gasteiger partial charge in [0.25, 0.3) is 5.69 Å². The molecular weight excluding hydrogens is 266 g/mol. The normalized spacial score (nSPS) is 15.6. The van der Waals surface area contributed by atoms with E-state index in [4.69, 9.17) is 5.11 Å². The van der Waals surface area contributed by atoms with Gasteiger partial charge in [-0.25, -0.2) is 4.79 Å². The molecule has 6 heteroatoms. The Morgan fingerprint density at radius 2 is 2.11 bits per heavy atom. The van der Waals surface area contributed by atoms with E-state index < -0.39 is 10.9 Å². The zero-order chi connectivity index (χ0) is 13.8. The van der Waals surface area contributed by atoms with Crippen LogP contribution in [0.5, 0.6) is 0 Å². The summed E-state index contributed by atoms with van der Waals surface area (Å²) in [5.41, 5.74) is 0.0903. The Balaban J connectivity index is 2.16. The zero-order valence-corrected chi connectivity index (χ0v) is 11.2. The SMILES string of the molecule is O=C(O)c1ccc([N+](=O)[O-])c(SCC2CCCC2)c1. The molecule has 19 heavy (non-hydrogen) atoms. The van der Waals surface area contributed by atoms with Gasteiger partial charge in [-0.15, -0.1) is 11.8 Å². The van der Waals surface area contributed by atoms with Crippen LogP contribution in [0.2, 0.25) is 0 Å². The zero-order valence-electron chi connectivity index (χ0n) is 10.4. The minimum Gasteiger partial charge on any atom is -0.478 e. The Hall–Kier alpha value is -1.56. The number of carbonyl (C=O) groups is 1. The highest BCUT2D eigenvalue weighted by Crippen LogP contribution is 2.35. The number of carboxylic acid groups (broad SMARTS) is 1. The molecule has 1 N–H and O–H groups in total. The van der Waals surface area contributed by atoms with Gasteiger partial charge in [-0.3, -0.25) is 10.1 Å². The first-order valence-electron chi connectivity index (χ1n) is 6.22. The second kappa shape index (κ2) is 6.06. The molecule has 1 aliphatic rings. The average Bonchev–Trinajstić information content (AvgIpc) is 2.88. The van der Waals surface area contributed by atoms with E-state index in [1.54, 1.807) is 0 Å². The van der Waals surface area contributed by atoms with Crippen molar-refractivity contribution in [2.75, 3.05) is 5.75 Å². The van der Waals surface area contributed by atoms with Gasteiger partial charge in [-0.1, -0.05) is 12.8 Å². The lowest BCUT2D eigenvalue weighted by atomic mass is 10.1. The highest BCUT2D eigenvalue weighted by molar-refractivity contribution is 7.99. The number of aromatic carboxylic acids is 1. The average molecular weight is 281 g/mol. The van der Waals surface area contributed by atoms with Crippen molar-refractivity contribution in [2.45, 2.75) is 30.6 Å². The van der Waals surface area contributed by atoms with Crippen LogP contribution in [0.1, 0.15) is 36.0 Å². The van der Waals surface area contributed by atoms with Crippen LogP contribution in [0.15, 0.2) is 23.1 Å². The fourth-order valence-electron chi connectivity index (χ4n) is 2.30. The van der Waals surface area contributed by atoms with Crippen molar-refractivity contribution in [1.82, 2.24) is 0 Å². The summed E-state index contributed by atoms with van der Waals surface area (Å²) in [5, 5.41) is 19.9. The van der Waals surface area contributed by atoms with Gasteiger partial charge in [0.15, 0.2) is 0 Å². The first-order valence-corrected chi connectivity index (χ1v) is 7.21. The molecule has 0 amide bonds. The fourth-order valence-corrected chi connectivity index (χ4v) is 3.55. The third kappa shape index (κ3) is 3.47. The molecule has 1 aliphatic carbocycles. The van der Waals surface area contributed by atoms with Gasteiger partial charge >= 0.3 is 5.97 Å². The summed E-state index contributed by atoms with van der Waals surface area (Å²) in [4.78, 5) is 21.9. The number of nitro benzene ring substituents is 1. The quantitative estimate of drug-likeness (QED) is 0.507. The largest absolute Gasteiger partial charge is 0.478 e. The number of nitro groups is 1. The highest BCUT2D eigenvalue weighted by Gasteiger charge is 2.20. The summed E-state index contributed by atoms with van der Waals surface area (Å²) in [6, 6.07) is 3.96. The van der Waals surface area contributed by atoms with Crippen LogP contribution in [0.25, 0.3) is 0 Å². The van der Waals surface area contributed by atoms with Gasteiger partial charge in [0, 0.05) is 11.8 Å². The predicted molar refractivity (Wildman–Crippen MR) is 72.7 cm³/mol. The predicted octanol–water partition coefficient (Wildman–Crippen LogP) is 3.58. The molecule has 0 unspecified atom stereocenters. The molecule has 2 rings (SSSR count). The summed E-state index contributed by atoms with van der Waals surface area (Å²) in [5.74, 6) is 0.361. The first kappa shape index (κ1) is 13.9. The van der Waals surface area contributed by atoms with Crippen molar-refractivity contribution in [1.29, 1.82) is 0 Å². The number of nitrogens with zero attached hydrogens (tertiary/aromatic N) is 1. The molecule has 1 aromatic carbocycles. The summed E-state index contributed by atoms with van der Waals surface area (Å²) in [6.45, 7) is 0. The number of carboxylic acids is 1. The molecule has 0 aromatic heterocycles. The van der Waals surface area contributed by atoms with Gasteiger partial charge in [-0.05, 0) is 30.9 Å². The summed E-state index contributed by atoms with van der Waals surface area (Å²) < 4.78 is 0. The number of thioether (sulfide) groups is 1. The highest BCUT2D eigenvalue weighted by atomic mass is 32.2. The van der Waals surface area contributed by atoms with Crippen molar-refractivity contribution >= 4 is 23.4 Å². The molecule has 0 atom stereocenters. The maximum Gasteiger partial charge on any atom is 0.335 e. The molecule has 0 heterocycles. The summed E-state index contributed by atoms with van der Waals surface area (Å²) in [7, 11) is 0. The topological polar surface area (TPSA) is 80.4 Å². The monoisotopic (exact) mass is 281 g/mol. The van der Waals surface area contributed by atoms with Gasteiger partial charge in [0.2, 0.25) is 0 Å².